The normalized spacial score (nSPS) is 17.6. The first-order chi connectivity index (χ1) is 11.7. The van der Waals surface area contributed by atoms with Crippen molar-refractivity contribution in [2.24, 2.45) is 0 Å². The van der Waals surface area contributed by atoms with E-state index in [2.05, 4.69) is 16.2 Å². The van der Waals surface area contributed by atoms with Crippen LogP contribution in [0.4, 0.5) is 0 Å². The third-order valence-corrected chi connectivity index (χ3v) is 5.18. The summed E-state index contributed by atoms with van der Waals surface area (Å²) in [6.45, 7) is 3.32. The Morgan fingerprint density at radius 3 is 2.96 bits per heavy atom. The van der Waals surface area contributed by atoms with Gasteiger partial charge in [-0.25, -0.2) is 0 Å². The number of likely N-dealkylation sites (tertiary alicyclic amines) is 1. The summed E-state index contributed by atoms with van der Waals surface area (Å²) in [7, 11) is 0. The molecule has 2 aromatic heterocycles. The molecule has 1 aliphatic heterocycles. The second-order valence-corrected chi connectivity index (χ2v) is 7.06. The van der Waals surface area contributed by atoms with Crippen molar-refractivity contribution in [2.75, 3.05) is 6.54 Å². The van der Waals surface area contributed by atoms with Crippen molar-refractivity contribution < 1.29 is 9.32 Å². The Labute approximate surface area is 143 Å². The number of rotatable bonds is 4. The fourth-order valence-corrected chi connectivity index (χ4v) is 3.73. The Hall–Kier alpha value is -2.47. The standard InChI is InChI=1S/C18H17N3O2S/c1-12-5-2-3-7-15(12)18-19-17(20-23-18)13-9-16(22)21(10-13)11-14-6-4-8-24-14/h2-8,13H,9-11H2,1H3/t13-/m0/s1. The van der Waals surface area contributed by atoms with Crippen LogP contribution in [-0.4, -0.2) is 27.5 Å². The van der Waals surface area contributed by atoms with Gasteiger partial charge in [0.1, 0.15) is 0 Å². The number of benzene rings is 1. The molecule has 6 heteroatoms. The molecular weight excluding hydrogens is 322 g/mol. The van der Waals surface area contributed by atoms with Gasteiger partial charge in [-0.05, 0) is 30.0 Å². The largest absolute Gasteiger partial charge is 0.337 e. The number of hydrogen-bond acceptors (Lipinski definition) is 5. The van der Waals surface area contributed by atoms with Crippen molar-refractivity contribution >= 4 is 17.2 Å². The van der Waals surface area contributed by atoms with Crippen LogP contribution in [0.2, 0.25) is 0 Å². The van der Waals surface area contributed by atoms with Crippen LogP contribution < -0.4 is 0 Å². The molecular formula is C18H17N3O2S. The lowest BCUT2D eigenvalue weighted by Gasteiger charge is -2.14. The quantitative estimate of drug-likeness (QED) is 0.728. The summed E-state index contributed by atoms with van der Waals surface area (Å²) in [6, 6.07) is 12.0. The van der Waals surface area contributed by atoms with Gasteiger partial charge in [0.15, 0.2) is 5.82 Å². The first kappa shape index (κ1) is 15.1. The number of hydrogen-bond donors (Lipinski definition) is 0. The second-order valence-electron chi connectivity index (χ2n) is 6.03. The van der Waals surface area contributed by atoms with Crippen molar-refractivity contribution in [1.82, 2.24) is 15.0 Å². The molecule has 1 fully saturated rings. The Morgan fingerprint density at radius 1 is 1.29 bits per heavy atom. The number of aryl methyl sites for hydroxylation is 1. The van der Waals surface area contributed by atoms with Crippen LogP contribution >= 0.6 is 11.3 Å². The van der Waals surface area contributed by atoms with Gasteiger partial charge in [0, 0.05) is 29.3 Å². The highest BCUT2D eigenvalue weighted by Crippen LogP contribution is 2.30. The van der Waals surface area contributed by atoms with Crippen molar-refractivity contribution in [3.63, 3.8) is 0 Å². The summed E-state index contributed by atoms with van der Waals surface area (Å²) in [6.07, 6.45) is 0.443. The van der Waals surface area contributed by atoms with Crippen molar-refractivity contribution in [2.45, 2.75) is 25.8 Å². The minimum Gasteiger partial charge on any atom is -0.337 e. The van der Waals surface area contributed by atoms with E-state index in [1.165, 1.54) is 4.88 Å². The molecule has 1 amide bonds. The molecule has 1 atom stereocenters. The van der Waals surface area contributed by atoms with Crippen LogP contribution in [0.15, 0.2) is 46.3 Å². The number of amides is 1. The van der Waals surface area contributed by atoms with E-state index >= 15 is 0 Å². The Morgan fingerprint density at radius 2 is 2.17 bits per heavy atom. The summed E-state index contributed by atoms with van der Waals surface area (Å²) in [4.78, 5) is 19.9. The maximum absolute atomic E-state index is 12.3. The van der Waals surface area contributed by atoms with E-state index in [-0.39, 0.29) is 11.8 Å². The van der Waals surface area contributed by atoms with Gasteiger partial charge in [-0.3, -0.25) is 4.79 Å². The first-order valence-corrected chi connectivity index (χ1v) is 8.78. The lowest BCUT2D eigenvalue weighted by molar-refractivity contribution is -0.128. The Bertz CT molecular complexity index is 857. The molecule has 0 spiro atoms. The van der Waals surface area contributed by atoms with E-state index in [0.29, 0.717) is 31.2 Å². The highest BCUT2D eigenvalue weighted by atomic mass is 32.1. The van der Waals surface area contributed by atoms with Gasteiger partial charge in [0.25, 0.3) is 5.89 Å². The Kier molecular flexibility index (Phi) is 3.90. The molecule has 0 saturated carbocycles. The smallest absolute Gasteiger partial charge is 0.258 e. The minimum absolute atomic E-state index is 0.000944. The monoisotopic (exact) mass is 339 g/mol. The van der Waals surface area contributed by atoms with Crippen LogP contribution in [-0.2, 0) is 11.3 Å². The van der Waals surface area contributed by atoms with E-state index in [0.717, 1.165) is 11.1 Å². The van der Waals surface area contributed by atoms with E-state index < -0.39 is 0 Å². The molecule has 0 unspecified atom stereocenters. The number of aromatic nitrogens is 2. The molecule has 3 heterocycles. The lowest BCUT2D eigenvalue weighted by Crippen LogP contribution is -2.23. The SMILES string of the molecule is Cc1ccccc1-c1nc([C@H]2CC(=O)N(Cc3cccs3)C2)no1. The second kappa shape index (κ2) is 6.20. The first-order valence-electron chi connectivity index (χ1n) is 7.90. The van der Waals surface area contributed by atoms with E-state index in [1.807, 2.05) is 47.5 Å². The average Bonchev–Trinajstić information content (AvgIpc) is 3.30. The van der Waals surface area contributed by atoms with Gasteiger partial charge in [0.05, 0.1) is 6.54 Å². The lowest BCUT2D eigenvalue weighted by atomic mass is 10.1. The van der Waals surface area contributed by atoms with Crippen LogP contribution in [0.5, 0.6) is 0 Å². The topological polar surface area (TPSA) is 59.2 Å². The number of carbonyl (C=O) groups is 1. The average molecular weight is 339 g/mol. The number of carbonyl (C=O) groups excluding carboxylic acids is 1. The summed E-state index contributed by atoms with van der Waals surface area (Å²) in [5.41, 5.74) is 2.03. The van der Waals surface area contributed by atoms with Crippen molar-refractivity contribution in [3.8, 4) is 11.5 Å². The zero-order valence-corrected chi connectivity index (χ0v) is 14.1. The molecule has 4 rings (SSSR count). The molecule has 1 saturated heterocycles. The molecule has 0 radical (unpaired) electrons. The zero-order chi connectivity index (χ0) is 16.5. The predicted octanol–water partition coefficient (Wildman–Crippen LogP) is 3.62. The third kappa shape index (κ3) is 2.85. The summed E-state index contributed by atoms with van der Waals surface area (Å²) in [5, 5.41) is 6.15. The molecule has 122 valence electrons. The number of thiophene rings is 1. The highest BCUT2D eigenvalue weighted by Gasteiger charge is 2.33. The van der Waals surface area contributed by atoms with Crippen LogP contribution in [0.3, 0.4) is 0 Å². The van der Waals surface area contributed by atoms with Gasteiger partial charge in [0.2, 0.25) is 5.91 Å². The van der Waals surface area contributed by atoms with Crippen LogP contribution in [0, 0.1) is 6.92 Å². The summed E-state index contributed by atoms with van der Waals surface area (Å²) in [5.74, 6) is 1.29. The predicted molar refractivity (Wildman–Crippen MR) is 91.6 cm³/mol. The maximum atomic E-state index is 12.3. The van der Waals surface area contributed by atoms with E-state index in [1.54, 1.807) is 11.3 Å². The minimum atomic E-state index is -0.000944. The number of nitrogens with zero attached hydrogens (tertiary/aromatic N) is 3. The highest BCUT2D eigenvalue weighted by molar-refractivity contribution is 7.09. The van der Waals surface area contributed by atoms with Crippen molar-refractivity contribution in [1.29, 1.82) is 0 Å². The molecule has 3 aromatic rings. The molecule has 0 N–H and O–H groups in total. The molecule has 0 bridgehead atoms. The maximum Gasteiger partial charge on any atom is 0.258 e. The van der Waals surface area contributed by atoms with E-state index in [9.17, 15) is 4.79 Å². The van der Waals surface area contributed by atoms with Gasteiger partial charge in [-0.1, -0.05) is 29.4 Å². The van der Waals surface area contributed by atoms with Crippen LogP contribution in [0.1, 0.15) is 28.6 Å². The third-order valence-electron chi connectivity index (χ3n) is 4.32. The van der Waals surface area contributed by atoms with Crippen LogP contribution in [0.25, 0.3) is 11.5 Å². The fourth-order valence-electron chi connectivity index (χ4n) is 3.01. The molecule has 24 heavy (non-hydrogen) atoms. The molecule has 1 aliphatic rings. The summed E-state index contributed by atoms with van der Waals surface area (Å²) >= 11 is 1.67. The van der Waals surface area contributed by atoms with Gasteiger partial charge in [-0.2, -0.15) is 4.98 Å². The van der Waals surface area contributed by atoms with Gasteiger partial charge in [-0.15, -0.1) is 11.3 Å². The molecule has 5 nitrogen and oxygen atoms in total. The molecule has 0 aliphatic carbocycles. The zero-order valence-electron chi connectivity index (χ0n) is 13.3. The summed E-state index contributed by atoms with van der Waals surface area (Å²) < 4.78 is 5.43. The van der Waals surface area contributed by atoms with Gasteiger partial charge < -0.3 is 9.42 Å². The van der Waals surface area contributed by atoms with Gasteiger partial charge >= 0.3 is 0 Å². The van der Waals surface area contributed by atoms with Crippen molar-refractivity contribution in [3.05, 3.63) is 58.0 Å². The fraction of sp³-hybridized carbons (Fsp3) is 0.278. The Balaban J connectivity index is 1.51. The van der Waals surface area contributed by atoms with E-state index in [4.69, 9.17) is 4.52 Å². The molecule has 1 aromatic carbocycles.